The molecule has 3 aromatic rings. The molecule has 0 bridgehead atoms. The molecule has 0 saturated carbocycles. The zero-order chi connectivity index (χ0) is 21.0. The van der Waals surface area contributed by atoms with Crippen molar-refractivity contribution in [2.75, 3.05) is 12.3 Å². The van der Waals surface area contributed by atoms with Crippen molar-refractivity contribution in [3.63, 3.8) is 0 Å². The van der Waals surface area contributed by atoms with E-state index in [1.807, 2.05) is 72.8 Å². The molecule has 0 saturated heterocycles. The third kappa shape index (κ3) is 7.55. The monoisotopic (exact) mass is 500 g/mol. The molecule has 0 heterocycles. The minimum absolute atomic E-state index is 0.247. The second-order valence-electron chi connectivity index (χ2n) is 6.18. The Morgan fingerprint density at radius 3 is 2.30 bits per heavy atom. The number of nitrogens with one attached hydrogen (secondary N) is 1. The van der Waals surface area contributed by atoms with Gasteiger partial charge in [0, 0.05) is 27.2 Å². The topological polar surface area (TPSA) is 50.7 Å². The van der Waals surface area contributed by atoms with Crippen molar-refractivity contribution in [3.05, 3.63) is 101 Å². The van der Waals surface area contributed by atoms with E-state index in [1.165, 1.54) is 4.90 Å². The van der Waals surface area contributed by atoms with Crippen LogP contribution in [0.4, 0.5) is 0 Å². The highest BCUT2D eigenvalue weighted by molar-refractivity contribution is 9.10. The van der Waals surface area contributed by atoms with Crippen LogP contribution in [0.5, 0.6) is 0 Å². The van der Waals surface area contributed by atoms with Gasteiger partial charge in [0.2, 0.25) is 0 Å². The molecule has 0 spiro atoms. The molecule has 1 amide bonds. The molecule has 0 radical (unpaired) electrons. The van der Waals surface area contributed by atoms with Crippen LogP contribution >= 0.6 is 37.5 Å². The van der Waals surface area contributed by atoms with Gasteiger partial charge in [-0.3, -0.25) is 4.79 Å². The molecular weight excluding hydrogens is 480 g/mol. The van der Waals surface area contributed by atoms with Crippen LogP contribution in [0.25, 0.3) is 0 Å². The van der Waals surface area contributed by atoms with Crippen LogP contribution in [0.1, 0.15) is 11.1 Å². The van der Waals surface area contributed by atoms with Crippen LogP contribution in [0.2, 0.25) is 0 Å². The second-order valence-corrected chi connectivity index (χ2v) is 9.58. The number of benzene rings is 3. The molecule has 0 aliphatic rings. The molecule has 0 unspecified atom stereocenters. The van der Waals surface area contributed by atoms with Gasteiger partial charge in [-0.15, -0.1) is 0 Å². The normalized spacial score (nSPS) is 11.2. The van der Waals surface area contributed by atoms with Crippen molar-refractivity contribution in [3.8, 4) is 0 Å². The quantitative estimate of drug-likeness (QED) is 0.162. The van der Waals surface area contributed by atoms with Crippen molar-refractivity contribution in [1.82, 2.24) is 5.32 Å². The lowest BCUT2D eigenvalue weighted by atomic mass is 10.1. The first-order valence-corrected chi connectivity index (χ1v) is 12.5. The van der Waals surface area contributed by atoms with Crippen molar-refractivity contribution in [2.45, 2.75) is 11.5 Å². The highest BCUT2D eigenvalue weighted by Gasteiger charge is 2.14. The smallest absolute Gasteiger partial charge is 0.273 e. The summed E-state index contributed by atoms with van der Waals surface area (Å²) in [5.41, 5.74) is 1.99. The molecule has 0 aliphatic carbocycles. The van der Waals surface area contributed by atoms with E-state index >= 15 is 0 Å². The average Bonchev–Trinajstić information content (AvgIpc) is 2.79. The maximum atomic E-state index is 12.7. The van der Waals surface area contributed by atoms with Gasteiger partial charge >= 0.3 is 0 Å². The van der Waals surface area contributed by atoms with E-state index in [1.54, 1.807) is 21.6 Å². The summed E-state index contributed by atoms with van der Waals surface area (Å²) >= 11 is 3.43. The van der Waals surface area contributed by atoms with E-state index in [0.717, 1.165) is 21.4 Å². The van der Waals surface area contributed by atoms with Gasteiger partial charge in [0.25, 0.3) is 5.91 Å². The SMILES string of the molecule is O=C(NCCSSc1ccc(Br)cc1)/C(=N/OCc1ccccc1)c1ccccc1. The minimum Gasteiger partial charge on any atom is -0.390 e. The first-order valence-electron chi connectivity index (χ1n) is 9.35. The summed E-state index contributed by atoms with van der Waals surface area (Å²) in [6.45, 7) is 0.849. The van der Waals surface area contributed by atoms with E-state index in [4.69, 9.17) is 4.84 Å². The minimum atomic E-state index is -0.247. The Balaban J connectivity index is 1.51. The summed E-state index contributed by atoms with van der Waals surface area (Å²) in [6.07, 6.45) is 0. The van der Waals surface area contributed by atoms with Gasteiger partial charge in [-0.1, -0.05) is 103 Å². The fraction of sp³-hybridized carbons (Fsp3) is 0.130. The Morgan fingerprint density at radius 1 is 0.933 bits per heavy atom. The van der Waals surface area contributed by atoms with Crippen molar-refractivity contribution in [1.29, 1.82) is 0 Å². The third-order valence-electron chi connectivity index (χ3n) is 3.93. The Kier molecular flexibility index (Phi) is 9.34. The predicted molar refractivity (Wildman–Crippen MR) is 130 cm³/mol. The lowest BCUT2D eigenvalue weighted by Crippen LogP contribution is -2.33. The number of halogens is 1. The van der Waals surface area contributed by atoms with E-state index in [2.05, 4.69) is 38.5 Å². The Bertz CT molecular complexity index is 952. The third-order valence-corrected chi connectivity index (χ3v) is 6.84. The standard InChI is InChI=1S/C23H21BrN2O2S2/c24-20-11-13-21(14-12-20)30-29-16-15-25-23(27)22(19-9-5-2-6-10-19)26-28-17-18-7-3-1-4-8-18/h1-14H,15-17H2,(H,25,27)/b26-22+. The summed E-state index contributed by atoms with van der Waals surface area (Å²) in [6, 6.07) is 27.2. The van der Waals surface area contributed by atoms with E-state index in [0.29, 0.717) is 13.2 Å². The molecule has 0 fully saturated rings. The van der Waals surface area contributed by atoms with Crippen molar-refractivity contribution in [2.24, 2.45) is 5.16 Å². The molecule has 3 rings (SSSR count). The van der Waals surface area contributed by atoms with E-state index < -0.39 is 0 Å². The number of hydrogen-bond acceptors (Lipinski definition) is 5. The maximum absolute atomic E-state index is 12.7. The first-order chi connectivity index (χ1) is 14.7. The average molecular weight is 501 g/mol. The number of carbonyl (C=O) groups excluding carboxylic acids is 1. The zero-order valence-electron chi connectivity index (χ0n) is 16.2. The molecule has 30 heavy (non-hydrogen) atoms. The molecule has 4 nitrogen and oxygen atoms in total. The highest BCUT2D eigenvalue weighted by atomic mass is 79.9. The summed E-state index contributed by atoms with van der Waals surface area (Å²) in [7, 11) is 3.38. The highest BCUT2D eigenvalue weighted by Crippen LogP contribution is 2.31. The number of oxime groups is 1. The van der Waals surface area contributed by atoms with Gasteiger partial charge in [-0.05, 0) is 29.8 Å². The molecule has 0 aliphatic heterocycles. The number of amides is 1. The lowest BCUT2D eigenvalue weighted by Gasteiger charge is -2.08. The van der Waals surface area contributed by atoms with Crippen LogP contribution in [0.3, 0.4) is 0 Å². The van der Waals surface area contributed by atoms with Crippen molar-refractivity contribution < 1.29 is 9.63 Å². The molecule has 1 N–H and O–H groups in total. The molecule has 7 heteroatoms. The zero-order valence-corrected chi connectivity index (χ0v) is 19.4. The molecule has 0 atom stereocenters. The molecule has 3 aromatic carbocycles. The van der Waals surface area contributed by atoms with Gasteiger partial charge in [-0.2, -0.15) is 0 Å². The van der Waals surface area contributed by atoms with Crippen molar-refractivity contribution >= 4 is 49.1 Å². The number of hydrogen-bond donors (Lipinski definition) is 1. The number of rotatable bonds is 10. The van der Waals surface area contributed by atoms with Gasteiger partial charge < -0.3 is 10.2 Å². The van der Waals surface area contributed by atoms with E-state index in [-0.39, 0.29) is 11.6 Å². The van der Waals surface area contributed by atoms with Gasteiger partial charge in [0.05, 0.1) is 0 Å². The van der Waals surface area contributed by atoms with Crippen LogP contribution in [-0.4, -0.2) is 23.9 Å². The van der Waals surface area contributed by atoms with Gasteiger partial charge in [0.15, 0.2) is 5.71 Å². The van der Waals surface area contributed by atoms with Gasteiger partial charge in [-0.25, -0.2) is 0 Å². The van der Waals surface area contributed by atoms with Crippen LogP contribution in [0.15, 0.2) is 99.5 Å². The van der Waals surface area contributed by atoms with Crippen LogP contribution in [-0.2, 0) is 16.2 Å². The van der Waals surface area contributed by atoms with Crippen LogP contribution < -0.4 is 5.32 Å². The Hall–Kier alpha value is -2.22. The molecule has 0 aromatic heterocycles. The predicted octanol–water partition coefficient (Wildman–Crippen LogP) is 5.93. The Labute approximate surface area is 193 Å². The Morgan fingerprint density at radius 2 is 1.60 bits per heavy atom. The molecule has 154 valence electrons. The first kappa shape index (κ1) is 22.5. The van der Waals surface area contributed by atoms with E-state index in [9.17, 15) is 4.79 Å². The fourth-order valence-electron chi connectivity index (χ4n) is 2.46. The summed E-state index contributed by atoms with van der Waals surface area (Å²) < 4.78 is 1.06. The lowest BCUT2D eigenvalue weighted by molar-refractivity contribution is -0.114. The molecular formula is C23H21BrN2O2S2. The maximum Gasteiger partial charge on any atom is 0.273 e. The van der Waals surface area contributed by atoms with Gasteiger partial charge in [0.1, 0.15) is 6.61 Å². The second kappa shape index (κ2) is 12.5. The summed E-state index contributed by atoms with van der Waals surface area (Å²) in [5.74, 6) is 0.530. The fourth-order valence-corrected chi connectivity index (χ4v) is 4.61. The summed E-state index contributed by atoms with van der Waals surface area (Å²) in [4.78, 5) is 19.4. The number of nitrogens with zero attached hydrogens (tertiary/aromatic N) is 1. The van der Waals surface area contributed by atoms with Crippen LogP contribution in [0, 0.1) is 0 Å². The largest absolute Gasteiger partial charge is 0.390 e. The summed E-state index contributed by atoms with van der Waals surface area (Å²) in [5, 5.41) is 7.07. The number of carbonyl (C=O) groups is 1.